The minimum atomic E-state index is -1.66. The topological polar surface area (TPSA) is 88.9 Å². The molecule has 7 nitrogen and oxygen atoms in total. The van der Waals surface area contributed by atoms with E-state index in [-0.39, 0.29) is 18.1 Å². The molecule has 2 amide bonds. The third-order valence-corrected chi connectivity index (χ3v) is 5.83. The molecular weight excluding hydrogens is 455 g/mol. The number of thioether (sulfide) groups is 1. The van der Waals surface area contributed by atoms with E-state index in [9.17, 15) is 22.8 Å². The van der Waals surface area contributed by atoms with Crippen molar-refractivity contribution in [3.63, 3.8) is 0 Å². The summed E-state index contributed by atoms with van der Waals surface area (Å²) in [5.74, 6) is -5.12. The molecule has 0 spiro atoms. The van der Waals surface area contributed by atoms with Gasteiger partial charge in [0.05, 0.1) is 17.9 Å². The van der Waals surface area contributed by atoms with Gasteiger partial charge in [-0.1, -0.05) is 17.8 Å². The minimum absolute atomic E-state index is 0.0133. The standard InChI is InChI=1S/C22H22F3N5O2S/c1-4-30-17(10-18(31)26-14-6-5-12(2)13(3)9-14)28-29-22(30)33-11-19(32)27-16-8-7-15(23)20(24)21(16)25/h5-9H,4,10-11H2,1-3H3,(H,26,31)(H,27,32). The number of benzene rings is 2. The Morgan fingerprint density at radius 2 is 1.73 bits per heavy atom. The predicted molar refractivity (Wildman–Crippen MR) is 120 cm³/mol. The van der Waals surface area contributed by atoms with Crippen molar-refractivity contribution in [2.75, 3.05) is 16.4 Å². The fourth-order valence-corrected chi connectivity index (χ4v) is 3.80. The van der Waals surface area contributed by atoms with Gasteiger partial charge in [0.1, 0.15) is 5.82 Å². The first-order valence-electron chi connectivity index (χ1n) is 10.0. The first-order chi connectivity index (χ1) is 15.7. The predicted octanol–water partition coefficient (Wildman–Crippen LogP) is 4.24. The molecule has 0 saturated heterocycles. The summed E-state index contributed by atoms with van der Waals surface area (Å²) in [4.78, 5) is 24.6. The first kappa shape index (κ1) is 24.3. The van der Waals surface area contributed by atoms with Crippen LogP contribution in [0.2, 0.25) is 0 Å². The van der Waals surface area contributed by atoms with Crippen molar-refractivity contribution in [1.29, 1.82) is 0 Å². The summed E-state index contributed by atoms with van der Waals surface area (Å²) >= 11 is 1.02. The molecule has 174 valence electrons. The third kappa shape index (κ3) is 5.92. The number of nitrogens with zero attached hydrogens (tertiary/aromatic N) is 3. The molecule has 0 aliphatic heterocycles. The lowest BCUT2D eigenvalue weighted by molar-refractivity contribution is -0.116. The molecule has 2 N–H and O–H groups in total. The Kier molecular flexibility index (Phi) is 7.75. The Morgan fingerprint density at radius 3 is 2.42 bits per heavy atom. The van der Waals surface area contributed by atoms with Crippen LogP contribution in [0.5, 0.6) is 0 Å². The summed E-state index contributed by atoms with van der Waals surface area (Å²) in [6.45, 7) is 6.24. The normalized spacial score (nSPS) is 10.8. The molecule has 3 aromatic rings. The van der Waals surface area contributed by atoms with Gasteiger partial charge in [0.2, 0.25) is 11.8 Å². The number of hydrogen-bond donors (Lipinski definition) is 2. The van der Waals surface area contributed by atoms with Gasteiger partial charge < -0.3 is 15.2 Å². The van der Waals surface area contributed by atoms with Crippen molar-refractivity contribution < 1.29 is 22.8 Å². The molecule has 33 heavy (non-hydrogen) atoms. The number of amides is 2. The van der Waals surface area contributed by atoms with Gasteiger partial charge in [-0.15, -0.1) is 10.2 Å². The largest absolute Gasteiger partial charge is 0.326 e. The lowest BCUT2D eigenvalue weighted by atomic mass is 10.1. The summed E-state index contributed by atoms with van der Waals surface area (Å²) in [6.07, 6.45) is -0.0133. The van der Waals surface area contributed by atoms with E-state index in [0.717, 1.165) is 35.0 Å². The average molecular weight is 478 g/mol. The second-order valence-corrected chi connectivity index (χ2v) is 8.17. The maximum Gasteiger partial charge on any atom is 0.234 e. The summed E-state index contributed by atoms with van der Waals surface area (Å²) < 4.78 is 41.7. The van der Waals surface area contributed by atoms with E-state index in [1.165, 1.54) is 0 Å². The monoisotopic (exact) mass is 477 g/mol. The third-order valence-electron chi connectivity index (χ3n) is 4.86. The van der Waals surface area contributed by atoms with Gasteiger partial charge in [-0.3, -0.25) is 9.59 Å². The van der Waals surface area contributed by atoms with Crippen molar-refractivity contribution >= 4 is 35.0 Å². The van der Waals surface area contributed by atoms with E-state index in [2.05, 4.69) is 20.8 Å². The molecular formula is C22H22F3N5O2S. The summed E-state index contributed by atoms with van der Waals surface area (Å²) in [5, 5.41) is 13.5. The number of carbonyl (C=O) groups is 2. The molecule has 0 bridgehead atoms. The van der Waals surface area contributed by atoms with Gasteiger partial charge >= 0.3 is 0 Å². The van der Waals surface area contributed by atoms with E-state index >= 15 is 0 Å². The van der Waals surface area contributed by atoms with Crippen molar-refractivity contribution in [2.24, 2.45) is 0 Å². The fourth-order valence-electron chi connectivity index (χ4n) is 2.98. The van der Waals surface area contributed by atoms with Crippen LogP contribution in [0.1, 0.15) is 23.9 Å². The molecule has 2 aromatic carbocycles. The van der Waals surface area contributed by atoms with Gasteiger partial charge in [-0.2, -0.15) is 0 Å². The van der Waals surface area contributed by atoms with Crippen LogP contribution in [-0.2, 0) is 22.6 Å². The van der Waals surface area contributed by atoms with Crippen LogP contribution in [0.15, 0.2) is 35.5 Å². The van der Waals surface area contributed by atoms with Crippen molar-refractivity contribution in [3.8, 4) is 0 Å². The highest BCUT2D eigenvalue weighted by Crippen LogP contribution is 2.22. The molecule has 0 saturated carbocycles. The van der Waals surface area contributed by atoms with Crippen LogP contribution >= 0.6 is 11.8 Å². The van der Waals surface area contributed by atoms with Crippen LogP contribution in [0.25, 0.3) is 0 Å². The molecule has 0 aliphatic rings. The maximum absolute atomic E-state index is 13.7. The van der Waals surface area contributed by atoms with Crippen molar-refractivity contribution in [1.82, 2.24) is 14.8 Å². The first-order valence-corrected chi connectivity index (χ1v) is 11.0. The number of carbonyl (C=O) groups excluding carboxylic acids is 2. The zero-order valence-electron chi connectivity index (χ0n) is 18.2. The van der Waals surface area contributed by atoms with Crippen LogP contribution in [0, 0.1) is 31.3 Å². The van der Waals surface area contributed by atoms with Crippen LogP contribution in [-0.4, -0.2) is 32.3 Å². The van der Waals surface area contributed by atoms with E-state index in [0.29, 0.717) is 23.2 Å². The molecule has 3 rings (SSSR count). The molecule has 11 heteroatoms. The fraction of sp³-hybridized carbons (Fsp3) is 0.273. The van der Waals surface area contributed by atoms with Crippen molar-refractivity contribution in [2.45, 2.75) is 38.9 Å². The van der Waals surface area contributed by atoms with Gasteiger partial charge in [0.15, 0.2) is 22.6 Å². The number of nitrogens with one attached hydrogen (secondary N) is 2. The van der Waals surface area contributed by atoms with Crippen LogP contribution < -0.4 is 10.6 Å². The molecule has 0 radical (unpaired) electrons. The van der Waals surface area contributed by atoms with E-state index in [4.69, 9.17) is 0 Å². The van der Waals surface area contributed by atoms with E-state index in [1.54, 1.807) is 4.57 Å². The quantitative estimate of drug-likeness (QED) is 0.374. The molecule has 0 aliphatic carbocycles. The summed E-state index contributed by atoms with van der Waals surface area (Å²) in [5.41, 5.74) is 2.41. The van der Waals surface area contributed by atoms with Crippen LogP contribution in [0.3, 0.4) is 0 Å². The zero-order chi connectivity index (χ0) is 24.1. The van der Waals surface area contributed by atoms with E-state index in [1.807, 2.05) is 39.0 Å². The van der Waals surface area contributed by atoms with Gasteiger partial charge in [0.25, 0.3) is 0 Å². The summed E-state index contributed by atoms with van der Waals surface area (Å²) in [6, 6.07) is 7.29. The highest BCUT2D eigenvalue weighted by Gasteiger charge is 2.18. The highest BCUT2D eigenvalue weighted by atomic mass is 32.2. The van der Waals surface area contributed by atoms with E-state index < -0.39 is 29.0 Å². The van der Waals surface area contributed by atoms with Gasteiger partial charge in [-0.05, 0) is 56.2 Å². The number of rotatable bonds is 8. The second-order valence-electron chi connectivity index (χ2n) is 7.23. The number of halogens is 3. The molecule has 0 unspecified atom stereocenters. The number of anilines is 2. The Labute approximate surface area is 192 Å². The number of aryl methyl sites for hydroxylation is 2. The average Bonchev–Trinajstić information content (AvgIpc) is 3.16. The van der Waals surface area contributed by atoms with Crippen molar-refractivity contribution in [3.05, 3.63) is 64.7 Å². The molecule has 0 atom stereocenters. The second kappa shape index (κ2) is 10.5. The Bertz CT molecular complexity index is 1200. The Balaban J connectivity index is 1.60. The van der Waals surface area contributed by atoms with Crippen LogP contribution in [0.4, 0.5) is 24.5 Å². The lowest BCUT2D eigenvalue weighted by Crippen LogP contribution is -2.18. The molecule has 0 fully saturated rings. The minimum Gasteiger partial charge on any atom is -0.326 e. The Morgan fingerprint density at radius 1 is 0.970 bits per heavy atom. The highest BCUT2D eigenvalue weighted by molar-refractivity contribution is 7.99. The zero-order valence-corrected chi connectivity index (χ0v) is 19.0. The maximum atomic E-state index is 13.7. The Hall–Kier alpha value is -3.34. The number of aromatic nitrogens is 3. The number of hydrogen-bond acceptors (Lipinski definition) is 5. The van der Waals surface area contributed by atoms with Gasteiger partial charge in [-0.25, -0.2) is 13.2 Å². The summed E-state index contributed by atoms with van der Waals surface area (Å²) in [7, 11) is 0. The molecule has 1 heterocycles. The SMILES string of the molecule is CCn1c(CC(=O)Nc2ccc(C)c(C)c2)nnc1SCC(=O)Nc1ccc(F)c(F)c1F. The van der Waals surface area contributed by atoms with Gasteiger partial charge in [0, 0.05) is 12.2 Å². The smallest absolute Gasteiger partial charge is 0.234 e. The lowest BCUT2D eigenvalue weighted by Gasteiger charge is -2.10. The molecule has 1 aromatic heterocycles.